The lowest BCUT2D eigenvalue weighted by Crippen LogP contribution is -2.08. The van der Waals surface area contributed by atoms with E-state index in [-0.39, 0.29) is 6.04 Å². The van der Waals surface area contributed by atoms with E-state index in [9.17, 15) is 0 Å². The van der Waals surface area contributed by atoms with Gasteiger partial charge in [-0.2, -0.15) is 0 Å². The van der Waals surface area contributed by atoms with E-state index in [1.807, 2.05) is 37.3 Å². The van der Waals surface area contributed by atoms with Gasteiger partial charge in [-0.3, -0.25) is 4.98 Å². The summed E-state index contributed by atoms with van der Waals surface area (Å²) >= 11 is 0. The molecule has 0 amide bonds. The molecule has 0 unspecified atom stereocenters. The van der Waals surface area contributed by atoms with Crippen LogP contribution in [0.4, 0.5) is 0 Å². The molecule has 0 aliphatic carbocycles. The van der Waals surface area contributed by atoms with Crippen molar-refractivity contribution in [2.24, 2.45) is 5.73 Å². The lowest BCUT2D eigenvalue weighted by atomic mass is 10.1. The van der Waals surface area contributed by atoms with Gasteiger partial charge in [0.1, 0.15) is 18.1 Å². The molecule has 4 heteroatoms. The van der Waals surface area contributed by atoms with Gasteiger partial charge in [-0.05, 0) is 30.7 Å². The number of ether oxygens (including phenoxy) is 2. The topological polar surface area (TPSA) is 57.4 Å². The minimum Gasteiger partial charge on any atom is -0.497 e. The molecule has 0 saturated heterocycles. The van der Waals surface area contributed by atoms with Gasteiger partial charge in [0.15, 0.2) is 0 Å². The Morgan fingerprint density at radius 1 is 1.21 bits per heavy atom. The maximum absolute atomic E-state index is 5.94. The van der Waals surface area contributed by atoms with E-state index in [1.165, 1.54) is 0 Å². The highest BCUT2D eigenvalue weighted by atomic mass is 16.5. The molecule has 2 aromatic rings. The average Bonchev–Trinajstić information content (AvgIpc) is 2.45. The Labute approximate surface area is 113 Å². The van der Waals surface area contributed by atoms with Gasteiger partial charge >= 0.3 is 0 Å². The Morgan fingerprint density at radius 2 is 1.95 bits per heavy atom. The normalized spacial score (nSPS) is 11.9. The number of hydrogen-bond donors (Lipinski definition) is 1. The summed E-state index contributed by atoms with van der Waals surface area (Å²) in [4.78, 5) is 3.98. The van der Waals surface area contributed by atoms with Gasteiger partial charge in [-0.25, -0.2) is 0 Å². The van der Waals surface area contributed by atoms with E-state index < -0.39 is 0 Å². The van der Waals surface area contributed by atoms with Gasteiger partial charge in [-0.15, -0.1) is 0 Å². The predicted octanol–water partition coefficient (Wildman–Crippen LogP) is 2.69. The zero-order valence-electron chi connectivity index (χ0n) is 11.2. The number of aromatic nitrogens is 1. The highest BCUT2D eigenvalue weighted by Gasteiger charge is 2.09. The molecule has 0 spiro atoms. The zero-order chi connectivity index (χ0) is 13.7. The van der Waals surface area contributed by atoms with Gasteiger partial charge in [0.25, 0.3) is 0 Å². The summed E-state index contributed by atoms with van der Waals surface area (Å²) in [5.41, 5.74) is 7.98. The largest absolute Gasteiger partial charge is 0.497 e. The second kappa shape index (κ2) is 6.20. The molecule has 0 fully saturated rings. The molecule has 1 aromatic carbocycles. The predicted molar refractivity (Wildman–Crippen MR) is 74.2 cm³/mol. The Bertz CT molecular complexity index is 527. The summed E-state index contributed by atoms with van der Waals surface area (Å²) in [5.74, 6) is 1.51. The van der Waals surface area contributed by atoms with Crippen molar-refractivity contribution >= 4 is 0 Å². The summed E-state index contributed by atoms with van der Waals surface area (Å²) in [5, 5.41) is 0. The van der Waals surface area contributed by atoms with Crippen LogP contribution in [0.1, 0.15) is 24.1 Å². The average molecular weight is 258 g/mol. The van der Waals surface area contributed by atoms with Crippen molar-refractivity contribution in [3.8, 4) is 11.5 Å². The maximum Gasteiger partial charge on any atom is 0.128 e. The Kier molecular flexibility index (Phi) is 4.36. The smallest absolute Gasteiger partial charge is 0.128 e. The first-order valence-electron chi connectivity index (χ1n) is 6.16. The number of nitrogens with two attached hydrogens (primary N) is 1. The van der Waals surface area contributed by atoms with Crippen LogP contribution in [0.15, 0.2) is 42.7 Å². The molecule has 2 rings (SSSR count). The van der Waals surface area contributed by atoms with Crippen LogP contribution >= 0.6 is 0 Å². The van der Waals surface area contributed by atoms with E-state index in [0.717, 1.165) is 22.6 Å². The van der Waals surface area contributed by atoms with Crippen LogP contribution in [-0.2, 0) is 6.61 Å². The van der Waals surface area contributed by atoms with E-state index >= 15 is 0 Å². The first-order chi connectivity index (χ1) is 9.20. The minimum atomic E-state index is -0.0849. The van der Waals surface area contributed by atoms with E-state index in [0.29, 0.717) is 6.61 Å². The molecule has 0 radical (unpaired) electrons. The van der Waals surface area contributed by atoms with Crippen molar-refractivity contribution in [3.05, 3.63) is 53.9 Å². The molecular weight excluding hydrogens is 240 g/mol. The highest BCUT2D eigenvalue weighted by molar-refractivity contribution is 5.42. The fourth-order valence-corrected chi connectivity index (χ4v) is 1.78. The molecular formula is C15H18N2O2. The third kappa shape index (κ3) is 3.45. The fraction of sp³-hybridized carbons (Fsp3) is 0.267. The summed E-state index contributed by atoms with van der Waals surface area (Å²) < 4.78 is 11.1. The molecule has 1 heterocycles. The van der Waals surface area contributed by atoms with Crippen LogP contribution in [0.3, 0.4) is 0 Å². The molecule has 1 atom stereocenters. The number of pyridine rings is 1. The standard InChI is InChI=1S/C15H18N2O2/c1-11(16)14-4-3-13(18-2)9-15(14)19-10-12-5-7-17-8-6-12/h3-9,11H,10,16H2,1-2H3/t11-/m1/s1. The van der Waals surface area contributed by atoms with Gasteiger partial charge in [0.05, 0.1) is 7.11 Å². The van der Waals surface area contributed by atoms with Crippen LogP contribution in [-0.4, -0.2) is 12.1 Å². The lowest BCUT2D eigenvalue weighted by Gasteiger charge is -2.15. The molecule has 0 saturated carbocycles. The van der Waals surface area contributed by atoms with E-state index in [4.69, 9.17) is 15.2 Å². The van der Waals surface area contributed by atoms with Crippen molar-refractivity contribution in [2.45, 2.75) is 19.6 Å². The maximum atomic E-state index is 5.94. The second-order valence-corrected chi connectivity index (χ2v) is 4.34. The van der Waals surface area contributed by atoms with Crippen molar-refractivity contribution in [1.82, 2.24) is 4.98 Å². The van der Waals surface area contributed by atoms with E-state index in [2.05, 4.69) is 4.98 Å². The van der Waals surface area contributed by atoms with Gasteiger partial charge in [0.2, 0.25) is 0 Å². The molecule has 0 aliphatic rings. The third-order valence-corrected chi connectivity index (χ3v) is 2.85. The molecule has 0 bridgehead atoms. The minimum absolute atomic E-state index is 0.0849. The monoisotopic (exact) mass is 258 g/mol. The van der Waals surface area contributed by atoms with Crippen LogP contribution in [0.2, 0.25) is 0 Å². The molecule has 19 heavy (non-hydrogen) atoms. The summed E-state index contributed by atoms with van der Waals surface area (Å²) in [6, 6.07) is 9.44. The van der Waals surface area contributed by atoms with Crippen molar-refractivity contribution in [3.63, 3.8) is 0 Å². The Morgan fingerprint density at radius 3 is 2.58 bits per heavy atom. The lowest BCUT2D eigenvalue weighted by molar-refractivity contribution is 0.299. The van der Waals surface area contributed by atoms with Gasteiger partial charge in [-0.1, -0.05) is 6.07 Å². The fourth-order valence-electron chi connectivity index (χ4n) is 1.78. The molecule has 2 N–H and O–H groups in total. The first-order valence-corrected chi connectivity index (χ1v) is 6.16. The SMILES string of the molecule is COc1ccc([C@@H](C)N)c(OCc2ccncc2)c1. The van der Waals surface area contributed by atoms with Gasteiger partial charge in [0, 0.05) is 30.1 Å². The van der Waals surface area contributed by atoms with E-state index in [1.54, 1.807) is 19.5 Å². The number of methoxy groups -OCH3 is 1. The number of nitrogens with zero attached hydrogens (tertiary/aromatic N) is 1. The number of benzene rings is 1. The van der Waals surface area contributed by atoms with Crippen molar-refractivity contribution < 1.29 is 9.47 Å². The number of rotatable bonds is 5. The van der Waals surface area contributed by atoms with Crippen LogP contribution < -0.4 is 15.2 Å². The van der Waals surface area contributed by atoms with Crippen LogP contribution in [0.25, 0.3) is 0 Å². The highest BCUT2D eigenvalue weighted by Crippen LogP contribution is 2.29. The van der Waals surface area contributed by atoms with Crippen molar-refractivity contribution in [1.29, 1.82) is 0 Å². The molecule has 0 aliphatic heterocycles. The van der Waals surface area contributed by atoms with Crippen LogP contribution in [0.5, 0.6) is 11.5 Å². The molecule has 4 nitrogen and oxygen atoms in total. The first kappa shape index (κ1) is 13.4. The Hall–Kier alpha value is -2.07. The van der Waals surface area contributed by atoms with Gasteiger partial charge < -0.3 is 15.2 Å². The van der Waals surface area contributed by atoms with Crippen LogP contribution in [0, 0.1) is 0 Å². The third-order valence-electron chi connectivity index (χ3n) is 2.85. The zero-order valence-corrected chi connectivity index (χ0v) is 11.2. The summed E-state index contributed by atoms with van der Waals surface area (Å²) in [6.45, 7) is 2.41. The second-order valence-electron chi connectivity index (χ2n) is 4.34. The summed E-state index contributed by atoms with van der Waals surface area (Å²) in [7, 11) is 1.63. The number of hydrogen-bond acceptors (Lipinski definition) is 4. The summed E-state index contributed by atoms with van der Waals surface area (Å²) in [6.07, 6.45) is 3.49. The molecule has 100 valence electrons. The molecule has 1 aromatic heterocycles. The Balaban J connectivity index is 2.18. The quantitative estimate of drug-likeness (QED) is 0.895. The van der Waals surface area contributed by atoms with Crippen molar-refractivity contribution in [2.75, 3.05) is 7.11 Å².